The number of hydrogen-bond acceptors (Lipinski definition) is 3. The Morgan fingerprint density at radius 2 is 0.889 bits per heavy atom. The summed E-state index contributed by atoms with van der Waals surface area (Å²) in [6.07, 6.45) is 23.6. The molecule has 0 radical (unpaired) electrons. The van der Waals surface area contributed by atoms with E-state index in [1.165, 1.54) is 103 Å². The van der Waals surface area contributed by atoms with E-state index in [4.69, 9.17) is 5.73 Å². The predicted molar refractivity (Wildman–Crippen MR) is 117 cm³/mol. The summed E-state index contributed by atoms with van der Waals surface area (Å²) in [5.74, 6) is 2.19. The van der Waals surface area contributed by atoms with Gasteiger partial charge in [-0.15, -0.1) is 10.2 Å². The van der Waals surface area contributed by atoms with Crippen molar-refractivity contribution in [3.05, 3.63) is 11.6 Å². The van der Waals surface area contributed by atoms with Crippen molar-refractivity contribution in [2.75, 3.05) is 0 Å². The highest BCUT2D eigenvalue weighted by Crippen LogP contribution is 2.13. The first kappa shape index (κ1) is 24.1. The Labute approximate surface area is 168 Å². The lowest BCUT2D eigenvalue weighted by Crippen LogP contribution is -2.14. The Kier molecular flexibility index (Phi) is 15.4. The van der Waals surface area contributed by atoms with Gasteiger partial charge in [0, 0.05) is 12.8 Å². The van der Waals surface area contributed by atoms with Gasteiger partial charge >= 0.3 is 0 Å². The molecule has 0 amide bonds. The van der Waals surface area contributed by atoms with Crippen LogP contribution in [-0.4, -0.2) is 14.8 Å². The molecule has 27 heavy (non-hydrogen) atoms. The second-order valence-corrected chi connectivity index (χ2v) is 8.09. The molecule has 4 nitrogen and oxygen atoms in total. The van der Waals surface area contributed by atoms with Crippen molar-refractivity contribution < 1.29 is 0 Å². The van der Waals surface area contributed by atoms with Crippen LogP contribution in [0.3, 0.4) is 0 Å². The Morgan fingerprint density at radius 1 is 0.556 bits per heavy atom. The average Bonchev–Trinajstić information content (AvgIpc) is 3.07. The fraction of sp³-hybridized carbons (Fsp3) is 0.913. The Balaban J connectivity index is 2.14. The normalized spacial score (nSPS) is 11.4. The van der Waals surface area contributed by atoms with Crippen LogP contribution in [-0.2, 0) is 19.5 Å². The van der Waals surface area contributed by atoms with Gasteiger partial charge in [0.1, 0.15) is 11.6 Å². The van der Waals surface area contributed by atoms with Gasteiger partial charge in [-0.05, 0) is 12.8 Å². The maximum atomic E-state index is 5.98. The zero-order valence-electron chi connectivity index (χ0n) is 18.4. The first-order chi connectivity index (χ1) is 13.3. The molecule has 0 bridgehead atoms. The summed E-state index contributed by atoms with van der Waals surface area (Å²) >= 11 is 0. The van der Waals surface area contributed by atoms with E-state index in [0.717, 1.165) is 24.5 Å². The van der Waals surface area contributed by atoms with Crippen LogP contribution in [0.5, 0.6) is 0 Å². The molecule has 0 saturated heterocycles. The summed E-state index contributed by atoms with van der Waals surface area (Å²) in [4.78, 5) is 0. The second kappa shape index (κ2) is 17.2. The third kappa shape index (κ3) is 11.5. The molecule has 1 rings (SSSR count). The molecule has 0 aliphatic carbocycles. The number of nitrogens with zero attached hydrogens (tertiary/aromatic N) is 3. The maximum absolute atomic E-state index is 5.98. The van der Waals surface area contributed by atoms with Crippen LogP contribution in [0.1, 0.15) is 128 Å². The lowest BCUT2D eigenvalue weighted by atomic mass is 10.1. The smallest absolute Gasteiger partial charge is 0.134 e. The van der Waals surface area contributed by atoms with Crippen LogP contribution < -0.4 is 5.73 Å². The summed E-state index contributed by atoms with van der Waals surface area (Å²) in [6, 6.07) is 0. The molecule has 1 aromatic heterocycles. The molecule has 0 atom stereocenters. The van der Waals surface area contributed by atoms with Gasteiger partial charge in [-0.25, -0.2) is 0 Å². The molecular weight excluding hydrogens is 332 g/mol. The van der Waals surface area contributed by atoms with E-state index in [1.807, 2.05) is 0 Å². The number of hydrogen-bond donors (Lipinski definition) is 1. The second-order valence-electron chi connectivity index (χ2n) is 8.09. The van der Waals surface area contributed by atoms with Crippen molar-refractivity contribution >= 4 is 0 Å². The molecule has 1 aromatic rings. The monoisotopic (exact) mass is 378 g/mol. The number of rotatable bonds is 19. The van der Waals surface area contributed by atoms with E-state index in [-0.39, 0.29) is 0 Å². The average molecular weight is 379 g/mol. The molecule has 2 N–H and O–H groups in total. The lowest BCUT2D eigenvalue weighted by Gasteiger charge is -2.08. The van der Waals surface area contributed by atoms with Crippen LogP contribution in [0.2, 0.25) is 0 Å². The van der Waals surface area contributed by atoms with E-state index in [0.29, 0.717) is 6.67 Å². The van der Waals surface area contributed by atoms with Gasteiger partial charge in [0.25, 0.3) is 0 Å². The van der Waals surface area contributed by atoms with Crippen molar-refractivity contribution in [1.82, 2.24) is 14.8 Å². The lowest BCUT2D eigenvalue weighted by molar-refractivity contribution is 0.551. The highest BCUT2D eigenvalue weighted by Gasteiger charge is 2.10. The van der Waals surface area contributed by atoms with Crippen LogP contribution in [0.25, 0.3) is 0 Å². The first-order valence-corrected chi connectivity index (χ1v) is 11.9. The van der Waals surface area contributed by atoms with Gasteiger partial charge in [-0.1, -0.05) is 104 Å². The molecule has 0 aromatic carbocycles. The van der Waals surface area contributed by atoms with Crippen LogP contribution >= 0.6 is 0 Å². The number of nitrogens with two attached hydrogens (primary N) is 1. The van der Waals surface area contributed by atoms with Gasteiger partial charge in [-0.3, -0.25) is 0 Å². The van der Waals surface area contributed by atoms with E-state index in [2.05, 4.69) is 28.6 Å². The van der Waals surface area contributed by atoms with Crippen LogP contribution in [0.4, 0.5) is 0 Å². The molecular formula is C23H46N4. The van der Waals surface area contributed by atoms with Gasteiger partial charge in [0.2, 0.25) is 0 Å². The maximum Gasteiger partial charge on any atom is 0.134 e. The molecule has 0 fully saturated rings. The predicted octanol–water partition coefficient (Wildman–Crippen LogP) is 6.56. The fourth-order valence-electron chi connectivity index (χ4n) is 3.79. The fourth-order valence-corrected chi connectivity index (χ4v) is 3.79. The summed E-state index contributed by atoms with van der Waals surface area (Å²) in [6.45, 7) is 5.07. The third-order valence-corrected chi connectivity index (χ3v) is 5.59. The van der Waals surface area contributed by atoms with E-state index in [1.54, 1.807) is 0 Å². The molecule has 4 heteroatoms. The quantitative estimate of drug-likeness (QED) is 0.277. The largest absolute Gasteiger partial charge is 0.314 e. The van der Waals surface area contributed by atoms with Crippen molar-refractivity contribution in [2.45, 2.75) is 136 Å². The molecule has 0 aliphatic rings. The summed E-state index contributed by atoms with van der Waals surface area (Å²) in [7, 11) is 0. The van der Waals surface area contributed by atoms with Crippen LogP contribution in [0.15, 0.2) is 0 Å². The van der Waals surface area contributed by atoms with Crippen molar-refractivity contribution in [1.29, 1.82) is 0 Å². The number of aryl methyl sites for hydroxylation is 2. The van der Waals surface area contributed by atoms with Crippen molar-refractivity contribution in [2.24, 2.45) is 5.73 Å². The van der Waals surface area contributed by atoms with E-state index in [9.17, 15) is 0 Å². The van der Waals surface area contributed by atoms with Gasteiger partial charge in [-0.2, -0.15) is 0 Å². The van der Waals surface area contributed by atoms with E-state index >= 15 is 0 Å². The van der Waals surface area contributed by atoms with Crippen molar-refractivity contribution in [3.8, 4) is 0 Å². The van der Waals surface area contributed by atoms with Gasteiger partial charge in [0.05, 0.1) is 6.67 Å². The highest BCUT2D eigenvalue weighted by atomic mass is 15.3. The molecule has 0 aliphatic heterocycles. The van der Waals surface area contributed by atoms with Gasteiger partial charge in [0.15, 0.2) is 0 Å². The number of aromatic nitrogens is 3. The minimum Gasteiger partial charge on any atom is -0.314 e. The Hall–Kier alpha value is -0.900. The summed E-state index contributed by atoms with van der Waals surface area (Å²) in [5.41, 5.74) is 5.98. The molecule has 158 valence electrons. The van der Waals surface area contributed by atoms with Crippen LogP contribution in [0, 0.1) is 0 Å². The Morgan fingerprint density at radius 3 is 1.22 bits per heavy atom. The first-order valence-electron chi connectivity index (χ1n) is 11.9. The highest BCUT2D eigenvalue weighted by molar-refractivity contribution is 4.96. The zero-order chi connectivity index (χ0) is 19.6. The van der Waals surface area contributed by atoms with Crippen molar-refractivity contribution in [3.63, 3.8) is 0 Å². The SMILES string of the molecule is CCCCCCCCCCc1nnc(CCCCCCCCCC)n1CN. The topological polar surface area (TPSA) is 56.7 Å². The number of unbranched alkanes of at least 4 members (excludes halogenated alkanes) is 14. The molecule has 0 spiro atoms. The standard InChI is InChI=1S/C23H46N4/c1-3-5-7-9-11-13-15-17-19-22-25-26-23(27(22)21-24)20-18-16-14-12-10-8-6-4-2/h3-21,24H2,1-2H3. The molecule has 1 heterocycles. The molecule has 0 saturated carbocycles. The summed E-state index contributed by atoms with van der Waals surface area (Å²) < 4.78 is 2.16. The minimum atomic E-state index is 0.520. The third-order valence-electron chi connectivity index (χ3n) is 5.59. The zero-order valence-corrected chi connectivity index (χ0v) is 18.4. The Bertz CT molecular complexity index is 404. The molecule has 0 unspecified atom stereocenters. The van der Waals surface area contributed by atoms with Gasteiger partial charge < -0.3 is 10.3 Å². The minimum absolute atomic E-state index is 0.520. The summed E-state index contributed by atoms with van der Waals surface area (Å²) in [5, 5.41) is 8.85. The van der Waals surface area contributed by atoms with E-state index < -0.39 is 0 Å².